The molecule has 0 bridgehead atoms. The van der Waals surface area contributed by atoms with Gasteiger partial charge in [-0.2, -0.15) is 0 Å². The molecule has 9 nitrogen and oxygen atoms in total. The van der Waals surface area contributed by atoms with Gasteiger partial charge >= 0.3 is 0 Å². The van der Waals surface area contributed by atoms with Crippen molar-refractivity contribution in [3.8, 4) is 0 Å². The van der Waals surface area contributed by atoms with Crippen molar-refractivity contribution in [2.75, 3.05) is 6.54 Å². The Morgan fingerprint density at radius 2 is 1.65 bits per heavy atom. The number of carbonyl (C=O) groups excluding carboxylic acids is 5. The largest absolute Gasteiger partial charge is 0.363 e. The maximum atomic E-state index is 14.3. The molecule has 5 atom stereocenters. The van der Waals surface area contributed by atoms with E-state index < -0.39 is 35.7 Å². The van der Waals surface area contributed by atoms with E-state index in [0.717, 1.165) is 0 Å². The van der Waals surface area contributed by atoms with Crippen molar-refractivity contribution >= 4 is 29.4 Å². The number of Topliss-reactive ketones (excluding diaryl/α,β-unsaturated/α-hetero) is 1. The summed E-state index contributed by atoms with van der Waals surface area (Å²) in [6.07, 6.45) is 2.44. The van der Waals surface area contributed by atoms with Gasteiger partial charge in [-0.15, -0.1) is 0 Å². The van der Waals surface area contributed by atoms with Gasteiger partial charge in [0.1, 0.15) is 12.1 Å². The van der Waals surface area contributed by atoms with E-state index >= 15 is 0 Å². The molecule has 0 spiro atoms. The summed E-state index contributed by atoms with van der Waals surface area (Å²) >= 11 is 0. The van der Waals surface area contributed by atoms with Crippen LogP contribution in [0.2, 0.25) is 0 Å². The van der Waals surface area contributed by atoms with Crippen molar-refractivity contribution in [2.24, 2.45) is 34.3 Å². The first-order chi connectivity index (χ1) is 18.7. The zero-order valence-corrected chi connectivity index (χ0v) is 24.6. The quantitative estimate of drug-likeness (QED) is 0.382. The van der Waals surface area contributed by atoms with Crippen molar-refractivity contribution < 1.29 is 24.0 Å². The molecule has 2 aliphatic carbocycles. The molecule has 4 rings (SSSR count). The molecular formula is C31H44N4O5. The summed E-state index contributed by atoms with van der Waals surface area (Å²) in [7, 11) is 0. The molecule has 9 heteroatoms. The van der Waals surface area contributed by atoms with E-state index in [1.165, 1.54) is 11.1 Å². The van der Waals surface area contributed by atoms with E-state index in [1.54, 1.807) is 4.90 Å². The monoisotopic (exact) mass is 552 g/mol. The third-order valence-electron chi connectivity index (χ3n) is 9.04. The van der Waals surface area contributed by atoms with Crippen molar-refractivity contribution in [2.45, 2.75) is 91.8 Å². The maximum absolute atomic E-state index is 14.3. The van der Waals surface area contributed by atoms with Gasteiger partial charge in [0, 0.05) is 13.0 Å². The Kier molecular flexibility index (Phi) is 8.16. The van der Waals surface area contributed by atoms with Crippen LogP contribution < -0.4 is 16.4 Å². The first kappa shape index (κ1) is 29.7. The summed E-state index contributed by atoms with van der Waals surface area (Å²) in [6, 6.07) is 5.47. The standard InChI is InChI=1S/C31H44N4O5/c1-7-10-21(26(37)27(32)38)33-28(39)25-23-20(31(23,5)6)16-35(25)29(40)24(34-22(36)15-30(2,3)4)19-13-17-11-8-9-12-18(17)14-19/h8-9,11-12,19-21,23-25H,7,10,13-16H2,1-6H3,(H2,32,38)(H,33,39)(H,34,36)/t20?,21?,23?,24-,25-/m0/s1. The van der Waals surface area contributed by atoms with E-state index in [2.05, 4.69) is 36.6 Å². The van der Waals surface area contributed by atoms with Gasteiger partial charge in [0.15, 0.2) is 0 Å². The second kappa shape index (κ2) is 11.0. The smallest absolute Gasteiger partial charge is 0.287 e. The number of carbonyl (C=O) groups is 5. The summed E-state index contributed by atoms with van der Waals surface area (Å²) in [5.41, 5.74) is 7.19. The molecule has 0 aromatic heterocycles. The Balaban J connectivity index is 1.60. The molecule has 4 amide bonds. The lowest BCUT2D eigenvalue weighted by Crippen LogP contribution is -2.59. The lowest BCUT2D eigenvalue weighted by Gasteiger charge is -2.35. The first-order valence-electron chi connectivity index (χ1n) is 14.5. The Morgan fingerprint density at radius 1 is 1.05 bits per heavy atom. The number of likely N-dealkylation sites (tertiary alicyclic amines) is 1. The molecular weight excluding hydrogens is 508 g/mol. The Labute approximate surface area is 237 Å². The van der Waals surface area contributed by atoms with Crippen LogP contribution in [0.15, 0.2) is 24.3 Å². The molecule has 1 aliphatic heterocycles. The molecule has 40 heavy (non-hydrogen) atoms. The summed E-state index contributed by atoms with van der Waals surface area (Å²) in [6.45, 7) is 12.4. The van der Waals surface area contributed by atoms with Crippen molar-refractivity contribution in [1.29, 1.82) is 0 Å². The van der Waals surface area contributed by atoms with Crippen LogP contribution in [0.25, 0.3) is 0 Å². The number of hydrogen-bond donors (Lipinski definition) is 3. The normalized spacial score (nSPS) is 24.4. The SMILES string of the molecule is CCCC(NC(=O)[C@@H]1C2C(CN1C(=O)[C@@H](NC(=O)CC(C)(C)C)C1Cc3ccccc3C1)C2(C)C)C(=O)C(N)=O. The summed E-state index contributed by atoms with van der Waals surface area (Å²) in [5, 5.41) is 5.80. The maximum Gasteiger partial charge on any atom is 0.287 e. The Bertz CT molecular complexity index is 1180. The topological polar surface area (TPSA) is 139 Å². The number of benzene rings is 1. The number of primary amides is 1. The van der Waals surface area contributed by atoms with E-state index in [1.807, 2.05) is 39.8 Å². The number of nitrogens with one attached hydrogen (secondary N) is 2. The van der Waals surface area contributed by atoms with Gasteiger partial charge in [-0.25, -0.2) is 0 Å². The van der Waals surface area contributed by atoms with Crippen LogP contribution in [0.5, 0.6) is 0 Å². The van der Waals surface area contributed by atoms with Gasteiger partial charge in [0.2, 0.25) is 23.5 Å². The van der Waals surface area contributed by atoms with Crippen molar-refractivity contribution in [3.05, 3.63) is 35.4 Å². The van der Waals surface area contributed by atoms with Crippen LogP contribution in [0.4, 0.5) is 0 Å². The van der Waals surface area contributed by atoms with E-state index in [0.29, 0.717) is 25.8 Å². The lowest BCUT2D eigenvalue weighted by atomic mass is 9.90. The van der Waals surface area contributed by atoms with Crippen LogP contribution in [-0.4, -0.2) is 59.0 Å². The van der Waals surface area contributed by atoms with E-state index in [-0.39, 0.29) is 53.2 Å². The average Bonchev–Trinajstić information content (AvgIpc) is 3.24. The number of fused-ring (bicyclic) bond motifs is 2. The first-order valence-corrected chi connectivity index (χ1v) is 14.5. The summed E-state index contributed by atoms with van der Waals surface area (Å²) in [4.78, 5) is 66.8. The van der Waals surface area contributed by atoms with Gasteiger partial charge in [0.25, 0.3) is 5.91 Å². The fourth-order valence-corrected chi connectivity index (χ4v) is 6.89. The molecule has 0 radical (unpaired) electrons. The number of amides is 4. The third kappa shape index (κ3) is 5.93. The van der Waals surface area contributed by atoms with Crippen LogP contribution >= 0.6 is 0 Å². The van der Waals surface area contributed by atoms with Crippen LogP contribution in [-0.2, 0) is 36.8 Å². The molecule has 3 unspecified atom stereocenters. The molecule has 218 valence electrons. The second-order valence-electron chi connectivity index (χ2n) is 13.7. The number of ketones is 1. The van der Waals surface area contributed by atoms with Gasteiger partial charge in [-0.3, -0.25) is 24.0 Å². The third-order valence-corrected chi connectivity index (χ3v) is 9.04. The molecule has 1 aromatic rings. The molecule has 2 fully saturated rings. The summed E-state index contributed by atoms with van der Waals surface area (Å²) < 4.78 is 0. The molecule has 3 aliphatic rings. The van der Waals surface area contributed by atoms with Crippen LogP contribution in [0.1, 0.15) is 71.9 Å². The van der Waals surface area contributed by atoms with Gasteiger partial charge in [0.05, 0.1) is 6.04 Å². The second-order valence-corrected chi connectivity index (χ2v) is 13.7. The highest BCUT2D eigenvalue weighted by Gasteiger charge is 2.69. The number of nitrogens with two attached hydrogens (primary N) is 1. The number of piperidine rings is 1. The van der Waals surface area contributed by atoms with E-state index in [9.17, 15) is 24.0 Å². The molecule has 1 aromatic carbocycles. The Hall–Kier alpha value is -3.23. The summed E-state index contributed by atoms with van der Waals surface area (Å²) in [5.74, 6) is -2.91. The predicted octanol–water partition coefficient (Wildman–Crippen LogP) is 2.14. The average molecular weight is 553 g/mol. The van der Waals surface area contributed by atoms with Crippen molar-refractivity contribution in [3.63, 3.8) is 0 Å². The number of nitrogens with zero attached hydrogens (tertiary/aromatic N) is 1. The highest BCUT2D eigenvalue weighted by atomic mass is 16.2. The van der Waals surface area contributed by atoms with Crippen molar-refractivity contribution in [1.82, 2.24) is 15.5 Å². The minimum atomic E-state index is -1.09. The van der Waals surface area contributed by atoms with Crippen LogP contribution in [0.3, 0.4) is 0 Å². The fourth-order valence-electron chi connectivity index (χ4n) is 6.89. The highest BCUT2D eigenvalue weighted by Crippen LogP contribution is 2.65. The molecule has 1 saturated carbocycles. The zero-order valence-electron chi connectivity index (χ0n) is 24.6. The number of hydrogen-bond acceptors (Lipinski definition) is 5. The van der Waals surface area contributed by atoms with Gasteiger partial charge < -0.3 is 21.3 Å². The fraction of sp³-hybridized carbons (Fsp3) is 0.645. The minimum absolute atomic E-state index is 0.0749. The lowest BCUT2D eigenvalue weighted by molar-refractivity contribution is -0.145. The van der Waals surface area contributed by atoms with E-state index in [4.69, 9.17) is 5.73 Å². The van der Waals surface area contributed by atoms with Gasteiger partial charge in [-0.05, 0) is 59.0 Å². The van der Waals surface area contributed by atoms with Crippen LogP contribution in [0, 0.1) is 28.6 Å². The zero-order chi connectivity index (χ0) is 29.6. The highest BCUT2D eigenvalue weighted by molar-refractivity contribution is 6.37. The van der Waals surface area contributed by atoms with Gasteiger partial charge in [-0.1, -0.05) is 72.2 Å². The minimum Gasteiger partial charge on any atom is -0.363 e. The number of rotatable bonds is 10. The molecule has 1 heterocycles. The molecule has 1 saturated heterocycles. The predicted molar refractivity (Wildman–Crippen MR) is 151 cm³/mol. The Morgan fingerprint density at radius 3 is 2.17 bits per heavy atom. The molecule has 4 N–H and O–H groups in total.